The molecule has 0 N–H and O–H groups in total. The van der Waals surface area contributed by atoms with Crippen LogP contribution in [0.4, 0.5) is 0 Å². The molecule has 1 saturated heterocycles. The molecule has 1 aliphatic heterocycles. The molecule has 0 saturated carbocycles. The molecule has 0 radical (unpaired) electrons. The minimum atomic E-state index is -0.508. The van der Waals surface area contributed by atoms with Crippen LogP contribution >= 0.6 is 0 Å². The first-order valence-corrected chi connectivity index (χ1v) is 4.92. The summed E-state index contributed by atoms with van der Waals surface area (Å²) in [6.45, 7) is 5.65. The van der Waals surface area contributed by atoms with E-state index in [9.17, 15) is 9.59 Å². The van der Waals surface area contributed by atoms with Gasteiger partial charge in [0.05, 0.1) is 18.9 Å². The third kappa shape index (κ3) is 3.51. The highest BCUT2D eigenvalue weighted by molar-refractivity contribution is 5.84. The number of hydroxylamine groups is 2. The lowest BCUT2D eigenvalue weighted by molar-refractivity contribution is -0.158. The summed E-state index contributed by atoms with van der Waals surface area (Å²) in [5.74, 6) is -0.926. The van der Waals surface area contributed by atoms with Gasteiger partial charge in [-0.05, 0) is 20.8 Å². The van der Waals surface area contributed by atoms with E-state index in [1.165, 1.54) is 7.05 Å². The zero-order valence-electron chi connectivity index (χ0n) is 9.57. The Kier molecular flexibility index (Phi) is 3.34. The maximum absolute atomic E-state index is 11.4. The number of nitrogens with zero attached hydrogens (tertiary/aromatic N) is 1. The summed E-state index contributed by atoms with van der Waals surface area (Å²) in [5.41, 5.74) is -0.508. The van der Waals surface area contributed by atoms with Gasteiger partial charge in [0.1, 0.15) is 5.60 Å². The van der Waals surface area contributed by atoms with Gasteiger partial charge in [0.15, 0.2) is 0 Å². The van der Waals surface area contributed by atoms with Crippen LogP contribution in [0.3, 0.4) is 0 Å². The van der Waals surface area contributed by atoms with Crippen molar-refractivity contribution in [3.05, 3.63) is 0 Å². The van der Waals surface area contributed by atoms with Crippen molar-refractivity contribution < 1.29 is 19.2 Å². The quantitative estimate of drug-likeness (QED) is 0.637. The Morgan fingerprint density at radius 3 is 2.60 bits per heavy atom. The number of hydrogen-bond acceptors (Lipinski definition) is 4. The molecule has 0 spiro atoms. The number of carbonyl (C=O) groups excluding carboxylic acids is 2. The van der Waals surface area contributed by atoms with Gasteiger partial charge >= 0.3 is 5.97 Å². The summed E-state index contributed by atoms with van der Waals surface area (Å²) in [7, 11) is 1.54. The molecule has 0 aromatic rings. The average molecular weight is 215 g/mol. The fraction of sp³-hybridized carbons (Fsp3) is 0.800. The van der Waals surface area contributed by atoms with Gasteiger partial charge in [-0.15, -0.1) is 0 Å². The maximum Gasteiger partial charge on any atom is 0.307 e. The molecule has 0 aromatic heterocycles. The van der Waals surface area contributed by atoms with Crippen molar-refractivity contribution in [1.82, 2.24) is 5.06 Å². The number of rotatable bonds is 2. The molecule has 0 bridgehead atoms. The number of esters is 1. The molecule has 0 unspecified atom stereocenters. The van der Waals surface area contributed by atoms with Crippen molar-refractivity contribution in [2.24, 2.45) is 5.92 Å². The van der Waals surface area contributed by atoms with Crippen LogP contribution in [0, 0.1) is 5.92 Å². The number of amides is 1. The minimum absolute atomic E-state index is 0.0838. The lowest BCUT2D eigenvalue weighted by Gasteiger charge is -2.20. The van der Waals surface area contributed by atoms with Gasteiger partial charge in [0.2, 0.25) is 0 Å². The Hall–Kier alpha value is -1.10. The molecule has 86 valence electrons. The molecule has 1 atom stereocenters. The van der Waals surface area contributed by atoms with Crippen molar-refractivity contribution in [1.29, 1.82) is 0 Å². The van der Waals surface area contributed by atoms with Crippen LogP contribution in [0.25, 0.3) is 0 Å². The van der Waals surface area contributed by atoms with E-state index in [0.717, 1.165) is 5.06 Å². The molecule has 5 nitrogen and oxygen atoms in total. The third-order valence-corrected chi connectivity index (χ3v) is 1.96. The van der Waals surface area contributed by atoms with Gasteiger partial charge in [-0.3, -0.25) is 14.4 Å². The standard InChI is InChI=1S/C10H17NO4/c1-10(2,3)15-8(12)5-7-6-14-11(4)9(7)13/h7H,5-6H2,1-4H3/t7-/m1/s1. The maximum atomic E-state index is 11.4. The second kappa shape index (κ2) is 4.18. The summed E-state index contributed by atoms with van der Waals surface area (Å²) in [6.07, 6.45) is 0.0838. The van der Waals surface area contributed by atoms with Crippen LogP contribution < -0.4 is 0 Å². The molecule has 5 heteroatoms. The fourth-order valence-corrected chi connectivity index (χ4v) is 1.32. The van der Waals surface area contributed by atoms with Crippen molar-refractivity contribution in [3.8, 4) is 0 Å². The molecule has 1 amide bonds. The zero-order valence-corrected chi connectivity index (χ0v) is 9.57. The number of hydrogen-bond donors (Lipinski definition) is 0. The molecule has 0 aliphatic carbocycles. The fourth-order valence-electron chi connectivity index (χ4n) is 1.32. The van der Waals surface area contributed by atoms with E-state index in [1.54, 1.807) is 20.8 Å². The average Bonchev–Trinajstić information content (AvgIpc) is 2.32. The zero-order chi connectivity index (χ0) is 11.6. The Balaban J connectivity index is 2.43. The Bertz CT molecular complexity index is 269. The third-order valence-electron chi connectivity index (χ3n) is 1.96. The van der Waals surface area contributed by atoms with E-state index in [-0.39, 0.29) is 24.9 Å². The van der Waals surface area contributed by atoms with Gasteiger partial charge in [-0.1, -0.05) is 0 Å². The molecule has 1 rings (SSSR count). The Labute approximate surface area is 89.3 Å². The summed E-state index contributed by atoms with van der Waals surface area (Å²) in [4.78, 5) is 27.8. The number of ether oxygens (including phenoxy) is 1. The van der Waals surface area contributed by atoms with Gasteiger partial charge in [0.25, 0.3) is 5.91 Å². The van der Waals surface area contributed by atoms with Crippen LogP contribution in [0.1, 0.15) is 27.2 Å². The largest absolute Gasteiger partial charge is 0.460 e. The van der Waals surface area contributed by atoms with Gasteiger partial charge in [0, 0.05) is 7.05 Å². The first-order chi connectivity index (χ1) is 6.79. The normalized spacial score (nSPS) is 22.0. The first-order valence-electron chi connectivity index (χ1n) is 4.92. The lowest BCUT2D eigenvalue weighted by Crippen LogP contribution is -2.28. The van der Waals surface area contributed by atoms with Gasteiger partial charge < -0.3 is 4.74 Å². The van der Waals surface area contributed by atoms with Crippen LogP contribution in [0.2, 0.25) is 0 Å². The predicted octanol–water partition coefficient (Wildman–Crippen LogP) is 0.738. The SMILES string of the molecule is CN1OC[C@@H](CC(=O)OC(C)(C)C)C1=O. The van der Waals surface area contributed by atoms with Crippen molar-refractivity contribution in [2.75, 3.05) is 13.7 Å². The summed E-state index contributed by atoms with van der Waals surface area (Å²) in [6, 6.07) is 0. The smallest absolute Gasteiger partial charge is 0.307 e. The topological polar surface area (TPSA) is 55.8 Å². The van der Waals surface area contributed by atoms with Crippen LogP contribution in [-0.2, 0) is 19.2 Å². The molecular formula is C10H17NO4. The van der Waals surface area contributed by atoms with Crippen LogP contribution in [0.15, 0.2) is 0 Å². The van der Waals surface area contributed by atoms with E-state index in [4.69, 9.17) is 9.57 Å². The minimum Gasteiger partial charge on any atom is -0.460 e. The second-order valence-corrected chi connectivity index (χ2v) is 4.62. The number of carbonyl (C=O) groups is 2. The van der Waals surface area contributed by atoms with Crippen molar-refractivity contribution in [2.45, 2.75) is 32.8 Å². The highest BCUT2D eigenvalue weighted by Crippen LogP contribution is 2.18. The lowest BCUT2D eigenvalue weighted by atomic mass is 10.1. The molecule has 0 aromatic carbocycles. The summed E-state index contributed by atoms with van der Waals surface area (Å²) < 4.78 is 5.12. The summed E-state index contributed by atoms with van der Waals surface area (Å²) >= 11 is 0. The second-order valence-electron chi connectivity index (χ2n) is 4.62. The monoisotopic (exact) mass is 215 g/mol. The van der Waals surface area contributed by atoms with E-state index < -0.39 is 11.5 Å². The highest BCUT2D eigenvalue weighted by atomic mass is 16.7. The predicted molar refractivity (Wildman–Crippen MR) is 52.7 cm³/mol. The molecule has 1 fully saturated rings. The Morgan fingerprint density at radius 1 is 1.60 bits per heavy atom. The summed E-state index contributed by atoms with van der Waals surface area (Å²) in [5, 5.41) is 1.16. The Morgan fingerprint density at radius 2 is 2.20 bits per heavy atom. The van der Waals surface area contributed by atoms with Crippen LogP contribution in [0.5, 0.6) is 0 Å². The van der Waals surface area contributed by atoms with Crippen molar-refractivity contribution >= 4 is 11.9 Å². The first kappa shape index (κ1) is 12.0. The van der Waals surface area contributed by atoms with Gasteiger partial charge in [-0.25, -0.2) is 5.06 Å². The molecule has 15 heavy (non-hydrogen) atoms. The molecular weight excluding hydrogens is 198 g/mol. The van der Waals surface area contributed by atoms with E-state index in [0.29, 0.717) is 0 Å². The molecule has 1 heterocycles. The van der Waals surface area contributed by atoms with Gasteiger partial charge in [-0.2, -0.15) is 0 Å². The van der Waals surface area contributed by atoms with Crippen LogP contribution in [-0.4, -0.2) is 36.2 Å². The highest BCUT2D eigenvalue weighted by Gasteiger charge is 2.33. The van der Waals surface area contributed by atoms with E-state index in [1.807, 2.05) is 0 Å². The molecule has 1 aliphatic rings. The van der Waals surface area contributed by atoms with E-state index in [2.05, 4.69) is 0 Å². The van der Waals surface area contributed by atoms with E-state index >= 15 is 0 Å². The van der Waals surface area contributed by atoms with Crippen molar-refractivity contribution in [3.63, 3.8) is 0 Å².